The fourth-order valence-electron chi connectivity index (χ4n) is 3.25. The maximum Gasteiger partial charge on any atom is 0.248 e. The minimum atomic E-state index is -3.75. The Morgan fingerprint density at radius 2 is 1.59 bits per heavy atom. The number of ether oxygens (including phenoxy) is 2. The molecule has 0 aliphatic rings. The number of nitrogens with one attached hydrogen (secondary N) is 1. The van der Waals surface area contributed by atoms with Crippen LogP contribution in [0.1, 0.15) is 12.5 Å². The third-order valence-electron chi connectivity index (χ3n) is 4.77. The second-order valence-electron chi connectivity index (χ2n) is 7.34. The molecule has 0 fully saturated rings. The van der Waals surface area contributed by atoms with Gasteiger partial charge in [-0.1, -0.05) is 24.3 Å². The number of anilines is 2. The average molecular weight is 455 g/mol. The Kier molecular flexibility index (Phi) is 7.05. The van der Waals surface area contributed by atoms with Gasteiger partial charge in [-0.15, -0.1) is 0 Å². The van der Waals surface area contributed by atoms with E-state index in [1.54, 1.807) is 36.4 Å². The van der Waals surface area contributed by atoms with Crippen LogP contribution in [0.25, 0.3) is 0 Å². The number of sulfonamides is 1. The second-order valence-corrected chi connectivity index (χ2v) is 9.20. The zero-order valence-electron chi connectivity index (χ0n) is 18.4. The first-order valence-electron chi connectivity index (χ1n) is 9.97. The normalized spacial score (nSPS) is 12.0. The van der Waals surface area contributed by atoms with Crippen LogP contribution in [0.3, 0.4) is 0 Å². The van der Waals surface area contributed by atoms with Gasteiger partial charge in [0.15, 0.2) is 0 Å². The summed E-state index contributed by atoms with van der Waals surface area (Å²) in [7, 11) is -2.24. The number of aryl methyl sites for hydroxylation is 1. The van der Waals surface area contributed by atoms with E-state index in [1.165, 1.54) is 14.0 Å². The molecule has 0 saturated heterocycles. The molecule has 1 atom stereocenters. The number of rotatable bonds is 8. The lowest BCUT2D eigenvalue weighted by Gasteiger charge is -2.28. The molecule has 3 aromatic carbocycles. The third kappa shape index (κ3) is 5.59. The van der Waals surface area contributed by atoms with E-state index in [9.17, 15) is 13.2 Å². The third-order valence-corrected chi connectivity index (χ3v) is 6.01. The zero-order valence-corrected chi connectivity index (χ0v) is 19.2. The first-order valence-corrected chi connectivity index (χ1v) is 11.8. The number of benzene rings is 3. The molecular weight excluding hydrogens is 428 g/mol. The quantitative estimate of drug-likeness (QED) is 0.538. The first-order chi connectivity index (χ1) is 15.2. The van der Waals surface area contributed by atoms with Crippen LogP contribution in [0.4, 0.5) is 11.4 Å². The van der Waals surface area contributed by atoms with Crippen molar-refractivity contribution in [1.29, 1.82) is 0 Å². The van der Waals surface area contributed by atoms with Gasteiger partial charge in [0.25, 0.3) is 0 Å². The van der Waals surface area contributed by atoms with E-state index >= 15 is 0 Å². The number of hydrogen-bond acceptors (Lipinski definition) is 5. The van der Waals surface area contributed by atoms with Gasteiger partial charge in [-0.3, -0.25) is 9.10 Å². The molecule has 0 unspecified atom stereocenters. The molecule has 0 spiro atoms. The standard InChI is InChI=1S/C24H26N2O5S/c1-17-10-15-23(30-3)22(16-17)25-24(27)18(2)26(32(4,28)29)19-11-13-21(14-12-19)31-20-8-6-5-7-9-20/h5-16,18H,1-4H3,(H,25,27)/t18-/m1/s1. The van der Waals surface area contributed by atoms with Crippen LogP contribution < -0.4 is 19.1 Å². The molecule has 32 heavy (non-hydrogen) atoms. The van der Waals surface area contributed by atoms with E-state index < -0.39 is 22.0 Å². The van der Waals surface area contributed by atoms with Crippen LogP contribution in [0.2, 0.25) is 0 Å². The predicted octanol–water partition coefficient (Wildman–Crippen LogP) is 4.59. The molecule has 8 heteroatoms. The molecule has 0 saturated carbocycles. The fraction of sp³-hybridized carbons (Fsp3) is 0.208. The number of para-hydroxylation sites is 1. The van der Waals surface area contributed by atoms with Crippen molar-refractivity contribution in [2.45, 2.75) is 19.9 Å². The molecule has 0 aliphatic heterocycles. The summed E-state index contributed by atoms with van der Waals surface area (Å²) in [5.41, 5.74) is 1.76. The van der Waals surface area contributed by atoms with Gasteiger partial charge in [0.2, 0.25) is 15.9 Å². The van der Waals surface area contributed by atoms with Crippen molar-refractivity contribution in [3.63, 3.8) is 0 Å². The number of carbonyl (C=O) groups excluding carboxylic acids is 1. The van der Waals surface area contributed by atoms with Gasteiger partial charge in [-0.25, -0.2) is 8.42 Å². The Morgan fingerprint density at radius 1 is 0.969 bits per heavy atom. The summed E-state index contributed by atoms with van der Waals surface area (Å²) in [6, 6.07) is 20.2. The Morgan fingerprint density at radius 3 is 2.19 bits per heavy atom. The summed E-state index contributed by atoms with van der Waals surface area (Å²) in [6.45, 7) is 3.42. The van der Waals surface area contributed by atoms with Crippen molar-refractivity contribution < 1.29 is 22.7 Å². The minimum Gasteiger partial charge on any atom is -0.495 e. The van der Waals surface area contributed by atoms with Crippen LogP contribution in [-0.4, -0.2) is 33.7 Å². The van der Waals surface area contributed by atoms with Crippen LogP contribution in [0.5, 0.6) is 17.2 Å². The Balaban J connectivity index is 1.83. The monoisotopic (exact) mass is 454 g/mol. The second kappa shape index (κ2) is 9.74. The molecule has 7 nitrogen and oxygen atoms in total. The van der Waals surface area contributed by atoms with Gasteiger partial charge >= 0.3 is 0 Å². The molecule has 3 rings (SSSR count). The predicted molar refractivity (Wildman–Crippen MR) is 126 cm³/mol. The number of nitrogens with zero attached hydrogens (tertiary/aromatic N) is 1. The van der Waals surface area contributed by atoms with Crippen LogP contribution in [0, 0.1) is 6.92 Å². The Hall–Kier alpha value is -3.52. The molecule has 0 bridgehead atoms. The zero-order chi connectivity index (χ0) is 23.3. The Bertz CT molecular complexity index is 1180. The molecule has 0 radical (unpaired) electrons. The number of methoxy groups -OCH3 is 1. The topological polar surface area (TPSA) is 84.9 Å². The number of carbonyl (C=O) groups is 1. The van der Waals surface area contributed by atoms with Gasteiger partial charge in [-0.05, 0) is 67.9 Å². The SMILES string of the molecule is COc1ccc(C)cc1NC(=O)[C@@H](C)N(c1ccc(Oc2ccccc2)cc1)S(C)(=O)=O. The van der Waals surface area contributed by atoms with Gasteiger partial charge in [0.05, 0.1) is 24.7 Å². The summed E-state index contributed by atoms with van der Waals surface area (Å²) in [5, 5.41) is 2.77. The summed E-state index contributed by atoms with van der Waals surface area (Å²) < 4.78 is 37.3. The minimum absolute atomic E-state index is 0.353. The molecule has 3 aromatic rings. The average Bonchev–Trinajstić information content (AvgIpc) is 2.75. The highest BCUT2D eigenvalue weighted by Gasteiger charge is 2.29. The van der Waals surface area contributed by atoms with Gasteiger partial charge < -0.3 is 14.8 Å². The van der Waals surface area contributed by atoms with Crippen LogP contribution in [-0.2, 0) is 14.8 Å². The molecule has 1 N–H and O–H groups in total. The van der Waals surface area contributed by atoms with Gasteiger partial charge in [0, 0.05) is 0 Å². The summed E-state index contributed by atoms with van der Waals surface area (Å²) in [4.78, 5) is 13.0. The van der Waals surface area contributed by atoms with E-state index in [-0.39, 0.29) is 0 Å². The summed E-state index contributed by atoms with van der Waals surface area (Å²) >= 11 is 0. The molecular formula is C24H26N2O5S. The van der Waals surface area contributed by atoms with Crippen LogP contribution >= 0.6 is 0 Å². The van der Waals surface area contributed by atoms with Crippen molar-refractivity contribution in [2.24, 2.45) is 0 Å². The van der Waals surface area contributed by atoms with E-state index in [0.717, 1.165) is 16.1 Å². The molecule has 0 heterocycles. The molecule has 1 amide bonds. The van der Waals surface area contributed by atoms with Crippen LogP contribution in [0.15, 0.2) is 72.8 Å². The maximum atomic E-state index is 13.0. The van der Waals surface area contributed by atoms with Gasteiger partial charge in [-0.2, -0.15) is 0 Å². The lowest BCUT2D eigenvalue weighted by atomic mass is 10.2. The van der Waals surface area contributed by atoms with Crippen molar-refractivity contribution in [3.8, 4) is 17.2 Å². The van der Waals surface area contributed by atoms with E-state index in [2.05, 4.69) is 5.32 Å². The lowest BCUT2D eigenvalue weighted by Crippen LogP contribution is -2.45. The van der Waals surface area contributed by atoms with E-state index in [1.807, 2.05) is 43.3 Å². The van der Waals surface area contributed by atoms with Crippen molar-refractivity contribution >= 4 is 27.3 Å². The highest BCUT2D eigenvalue weighted by Crippen LogP contribution is 2.29. The molecule has 0 aliphatic carbocycles. The summed E-state index contributed by atoms with van der Waals surface area (Å²) in [5.74, 6) is 1.23. The van der Waals surface area contributed by atoms with E-state index in [4.69, 9.17) is 9.47 Å². The van der Waals surface area contributed by atoms with Crippen molar-refractivity contribution in [3.05, 3.63) is 78.4 Å². The van der Waals surface area contributed by atoms with E-state index in [0.29, 0.717) is 28.6 Å². The molecule has 168 valence electrons. The maximum absolute atomic E-state index is 13.0. The Labute approximate surface area is 188 Å². The summed E-state index contributed by atoms with van der Waals surface area (Å²) in [6.07, 6.45) is 1.07. The first kappa shape index (κ1) is 23.1. The highest BCUT2D eigenvalue weighted by atomic mass is 32.2. The lowest BCUT2D eigenvalue weighted by molar-refractivity contribution is -0.116. The molecule has 0 aromatic heterocycles. The highest BCUT2D eigenvalue weighted by molar-refractivity contribution is 7.92. The number of hydrogen-bond donors (Lipinski definition) is 1. The van der Waals surface area contributed by atoms with Gasteiger partial charge in [0.1, 0.15) is 23.3 Å². The smallest absolute Gasteiger partial charge is 0.248 e. The van der Waals surface area contributed by atoms with Crippen molar-refractivity contribution in [2.75, 3.05) is 23.0 Å². The largest absolute Gasteiger partial charge is 0.495 e. The van der Waals surface area contributed by atoms with Crippen molar-refractivity contribution in [1.82, 2.24) is 0 Å². The number of amides is 1. The fourth-order valence-corrected chi connectivity index (χ4v) is 4.43.